The number of hydrogen-bond donors (Lipinski definition) is 2. The van der Waals surface area contributed by atoms with Gasteiger partial charge in [-0.25, -0.2) is 0 Å². The lowest BCUT2D eigenvalue weighted by atomic mass is 9.97. The molecule has 0 saturated heterocycles. The largest absolute Gasteiger partial charge is 0.396 e. The van der Waals surface area contributed by atoms with Gasteiger partial charge in [0.05, 0.1) is 0 Å². The fourth-order valence-electron chi connectivity index (χ4n) is 3.22. The minimum Gasteiger partial charge on any atom is -0.396 e. The third kappa shape index (κ3) is 9.80. The Hall–Kier alpha value is 0.270. The third-order valence-corrected chi connectivity index (χ3v) is 6.01. The molecule has 0 aromatic rings. The summed E-state index contributed by atoms with van der Waals surface area (Å²) in [5, 5.41) is 13.6. The molecule has 2 atom stereocenters. The number of aliphatic hydroxyl groups excluding tert-OH is 1. The fraction of sp³-hybridized carbons (Fsp3) is 1.00. The van der Waals surface area contributed by atoms with Crippen LogP contribution in [0.1, 0.15) is 84.0 Å². The third-order valence-electron chi connectivity index (χ3n) is 4.49. The Morgan fingerprint density at radius 3 is 2.19 bits per heavy atom. The van der Waals surface area contributed by atoms with Gasteiger partial charge >= 0.3 is 0 Å². The van der Waals surface area contributed by atoms with Crippen molar-refractivity contribution >= 4 is 11.8 Å². The van der Waals surface area contributed by atoms with E-state index >= 15 is 0 Å². The molecule has 1 rings (SSSR count). The molecular formula is C18H37NOS. The van der Waals surface area contributed by atoms with E-state index in [-0.39, 0.29) is 0 Å². The minimum atomic E-state index is 0.340. The topological polar surface area (TPSA) is 32.3 Å². The average Bonchev–Trinajstić information content (AvgIpc) is 2.49. The van der Waals surface area contributed by atoms with Crippen LogP contribution >= 0.6 is 11.8 Å². The number of aliphatic hydroxyl groups is 1. The SMILES string of the molecule is CCCNC1CCCCCCCCCCC1SCCCO. The summed E-state index contributed by atoms with van der Waals surface area (Å²) >= 11 is 2.11. The minimum absolute atomic E-state index is 0.340. The standard InChI is InChI=1S/C18H37NOS/c1-2-14-19-17-12-9-7-5-3-4-6-8-10-13-18(17)21-16-11-15-20/h17-20H,2-16H2,1H3. The fourth-order valence-corrected chi connectivity index (χ4v) is 4.62. The maximum absolute atomic E-state index is 9.03. The Labute approximate surface area is 136 Å². The number of thioether (sulfide) groups is 1. The second-order valence-electron chi connectivity index (χ2n) is 6.45. The molecule has 1 aliphatic rings. The van der Waals surface area contributed by atoms with Crippen LogP contribution in [-0.2, 0) is 0 Å². The lowest BCUT2D eigenvalue weighted by Crippen LogP contribution is -2.39. The van der Waals surface area contributed by atoms with Crippen LogP contribution in [0.3, 0.4) is 0 Å². The van der Waals surface area contributed by atoms with Crippen LogP contribution in [0.15, 0.2) is 0 Å². The molecule has 126 valence electrons. The van der Waals surface area contributed by atoms with E-state index in [4.69, 9.17) is 5.11 Å². The maximum atomic E-state index is 9.03. The zero-order chi connectivity index (χ0) is 15.2. The molecule has 1 saturated carbocycles. The van der Waals surface area contributed by atoms with Gasteiger partial charge in [0, 0.05) is 17.9 Å². The van der Waals surface area contributed by atoms with Crippen molar-refractivity contribution in [3.63, 3.8) is 0 Å². The highest BCUT2D eigenvalue weighted by atomic mass is 32.2. The lowest BCUT2D eigenvalue weighted by Gasteiger charge is -2.28. The molecule has 2 unspecified atom stereocenters. The Morgan fingerprint density at radius 1 is 0.952 bits per heavy atom. The summed E-state index contributed by atoms with van der Waals surface area (Å²) in [4.78, 5) is 0. The molecule has 3 heteroatoms. The molecular weight excluding hydrogens is 278 g/mol. The van der Waals surface area contributed by atoms with E-state index in [1.54, 1.807) is 0 Å². The van der Waals surface area contributed by atoms with Crippen LogP contribution in [0.25, 0.3) is 0 Å². The quantitative estimate of drug-likeness (QED) is 0.665. The zero-order valence-electron chi connectivity index (χ0n) is 14.1. The van der Waals surface area contributed by atoms with Crippen molar-refractivity contribution in [2.45, 2.75) is 95.3 Å². The first-order chi connectivity index (χ1) is 10.4. The van der Waals surface area contributed by atoms with E-state index in [1.165, 1.54) is 70.6 Å². The molecule has 0 bridgehead atoms. The van der Waals surface area contributed by atoms with Gasteiger partial charge in [0.2, 0.25) is 0 Å². The van der Waals surface area contributed by atoms with Crippen LogP contribution in [0, 0.1) is 0 Å². The second-order valence-corrected chi connectivity index (χ2v) is 7.80. The summed E-state index contributed by atoms with van der Waals surface area (Å²) < 4.78 is 0. The van der Waals surface area contributed by atoms with Crippen molar-refractivity contribution < 1.29 is 5.11 Å². The summed E-state index contributed by atoms with van der Waals surface area (Å²) in [7, 11) is 0. The summed E-state index contributed by atoms with van der Waals surface area (Å²) in [5.41, 5.74) is 0. The normalized spacial score (nSPS) is 26.0. The van der Waals surface area contributed by atoms with E-state index in [9.17, 15) is 0 Å². The van der Waals surface area contributed by atoms with Gasteiger partial charge in [-0.3, -0.25) is 0 Å². The molecule has 0 radical (unpaired) electrons. The first-order valence-corrected chi connectivity index (χ1v) is 10.4. The van der Waals surface area contributed by atoms with Crippen LogP contribution in [0.2, 0.25) is 0 Å². The Bertz CT molecular complexity index is 225. The molecule has 0 aromatic heterocycles. The number of rotatable bonds is 7. The van der Waals surface area contributed by atoms with Crippen molar-refractivity contribution in [2.24, 2.45) is 0 Å². The van der Waals surface area contributed by atoms with Crippen LogP contribution in [-0.4, -0.2) is 35.3 Å². The molecule has 0 aliphatic heterocycles. The van der Waals surface area contributed by atoms with Crippen molar-refractivity contribution in [3.05, 3.63) is 0 Å². The summed E-state index contributed by atoms with van der Waals surface area (Å²) in [6.07, 6.45) is 16.2. The van der Waals surface area contributed by atoms with Gasteiger partial charge in [-0.2, -0.15) is 11.8 Å². The van der Waals surface area contributed by atoms with Gasteiger partial charge in [-0.1, -0.05) is 58.3 Å². The van der Waals surface area contributed by atoms with E-state index in [2.05, 4.69) is 24.0 Å². The van der Waals surface area contributed by atoms with Crippen molar-refractivity contribution in [1.29, 1.82) is 0 Å². The van der Waals surface area contributed by atoms with E-state index < -0.39 is 0 Å². The maximum Gasteiger partial charge on any atom is 0.0438 e. The van der Waals surface area contributed by atoms with Gasteiger partial charge in [0.25, 0.3) is 0 Å². The van der Waals surface area contributed by atoms with Crippen LogP contribution in [0.4, 0.5) is 0 Å². The zero-order valence-corrected chi connectivity index (χ0v) is 14.9. The highest BCUT2D eigenvalue weighted by Crippen LogP contribution is 2.26. The van der Waals surface area contributed by atoms with E-state index in [0.717, 1.165) is 24.0 Å². The first kappa shape index (κ1) is 19.3. The summed E-state index contributed by atoms with van der Waals surface area (Å²) in [5.74, 6) is 1.12. The molecule has 0 aromatic carbocycles. The smallest absolute Gasteiger partial charge is 0.0438 e. The van der Waals surface area contributed by atoms with E-state index in [1.807, 2.05) is 0 Å². The summed E-state index contributed by atoms with van der Waals surface area (Å²) in [6.45, 7) is 3.75. The second kappa shape index (κ2) is 13.9. The Kier molecular flexibility index (Phi) is 12.8. The molecule has 0 spiro atoms. The first-order valence-electron chi connectivity index (χ1n) is 9.34. The van der Waals surface area contributed by atoms with Crippen LogP contribution in [0.5, 0.6) is 0 Å². The molecule has 2 nitrogen and oxygen atoms in total. The monoisotopic (exact) mass is 315 g/mol. The van der Waals surface area contributed by atoms with Gasteiger partial charge in [0.1, 0.15) is 0 Å². The van der Waals surface area contributed by atoms with Gasteiger partial charge < -0.3 is 10.4 Å². The predicted molar refractivity (Wildman–Crippen MR) is 96.2 cm³/mol. The number of nitrogens with one attached hydrogen (secondary N) is 1. The number of hydrogen-bond acceptors (Lipinski definition) is 3. The molecule has 1 aliphatic carbocycles. The van der Waals surface area contributed by atoms with Crippen molar-refractivity contribution in [3.8, 4) is 0 Å². The van der Waals surface area contributed by atoms with E-state index in [0.29, 0.717) is 12.6 Å². The molecule has 2 N–H and O–H groups in total. The highest BCUT2D eigenvalue weighted by Gasteiger charge is 2.21. The average molecular weight is 316 g/mol. The molecule has 1 fully saturated rings. The molecule has 0 heterocycles. The molecule has 21 heavy (non-hydrogen) atoms. The van der Waals surface area contributed by atoms with Gasteiger partial charge in [-0.05, 0) is 38.0 Å². The Balaban J connectivity index is 2.49. The molecule has 0 amide bonds. The lowest BCUT2D eigenvalue weighted by molar-refractivity contribution is 0.296. The predicted octanol–water partition coefficient (Wildman–Crippen LogP) is 4.75. The van der Waals surface area contributed by atoms with Crippen molar-refractivity contribution in [2.75, 3.05) is 18.9 Å². The van der Waals surface area contributed by atoms with Gasteiger partial charge in [-0.15, -0.1) is 0 Å². The van der Waals surface area contributed by atoms with Gasteiger partial charge in [0.15, 0.2) is 0 Å². The van der Waals surface area contributed by atoms with Crippen LogP contribution < -0.4 is 5.32 Å². The highest BCUT2D eigenvalue weighted by molar-refractivity contribution is 7.99. The van der Waals surface area contributed by atoms with Crippen molar-refractivity contribution in [1.82, 2.24) is 5.32 Å². The summed E-state index contributed by atoms with van der Waals surface area (Å²) in [6, 6.07) is 0.688. The Morgan fingerprint density at radius 2 is 1.57 bits per heavy atom.